The molecule has 1 heterocycles. The summed E-state index contributed by atoms with van der Waals surface area (Å²) < 4.78 is 0. The van der Waals surface area contributed by atoms with Crippen molar-refractivity contribution in [3.63, 3.8) is 0 Å². The molecular weight excluding hydrogens is 246 g/mol. The topological polar surface area (TPSA) is 39.1 Å². The Morgan fingerprint density at radius 2 is 1.80 bits per heavy atom. The van der Waals surface area contributed by atoms with E-state index in [0.29, 0.717) is 12.0 Å². The molecule has 1 aromatic carbocycles. The number of rotatable bonds is 5. The molecule has 0 spiro atoms. The molecule has 0 saturated heterocycles. The molecular formula is C17H21N3. The zero-order valence-corrected chi connectivity index (χ0v) is 11.8. The lowest BCUT2D eigenvalue weighted by Gasteiger charge is -2.32. The highest BCUT2D eigenvalue weighted by atomic mass is 15.2. The summed E-state index contributed by atoms with van der Waals surface area (Å²) in [6, 6.07) is 11.9. The maximum absolute atomic E-state index is 9.80. The predicted molar refractivity (Wildman–Crippen MR) is 77.8 cm³/mol. The Bertz CT molecular complexity index is 529. The van der Waals surface area contributed by atoms with E-state index in [0.717, 1.165) is 19.6 Å². The summed E-state index contributed by atoms with van der Waals surface area (Å²) in [5.74, 6) is 0.566. The van der Waals surface area contributed by atoms with Gasteiger partial charge in [-0.3, -0.25) is 10.2 Å². The van der Waals surface area contributed by atoms with E-state index in [4.69, 9.17) is 0 Å². The van der Waals surface area contributed by atoms with Gasteiger partial charge in [-0.15, -0.1) is 0 Å². The molecule has 20 heavy (non-hydrogen) atoms. The van der Waals surface area contributed by atoms with E-state index in [1.165, 1.54) is 36.8 Å². The lowest BCUT2D eigenvalue weighted by atomic mass is 9.94. The zero-order chi connectivity index (χ0) is 13.6. The highest BCUT2D eigenvalue weighted by Crippen LogP contribution is 2.42. The van der Waals surface area contributed by atoms with Gasteiger partial charge in [0.05, 0.1) is 6.07 Å². The van der Waals surface area contributed by atoms with Crippen molar-refractivity contribution < 1.29 is 0 Å². The molecule has 0 radical (unpaired) electrons. The first-order valence-corrected chi connectivity index (χ1v) is 7.77. The first-order valence-electron chi connectivity index (χ1n) is 7.77. The molecule has 2 fully saturated rings. The van der Waals surface area contributed by atoms with E-state index in [2.05, 4.69) is 40.6 Å². The first kappa shape index (κ1) is 12.4. The largest absolute Gasteiger partial charge is 0.295 e. The van der Waals surface area contributed by atoms with E-state index >= 15 is 0 Å². The summed E-state index contributed by atoms with van der Waals surface area (Å²) in [5.41, 5.74) is 2.56. The molecule has 0 amide bonds. The van der Waals surface area contributed by atoms with Crippen molar-refractivity contribution in [3.8, 4) is 6.07 Å². The maximum atomic E-state index is 9.80. The van der Waals surface area contributed by atoms with Crippen LogP contribution in [0.3, 0.4) is 0 Å². The summed E-state index contributed by atoms with van der Waals surface area (Å²) in [5, 5.41) is 13.5. The summed E-state index contributed by atoms with van der Waals surface area (Å²) >= 11 is 0. The van der Waals surface area contributed by atoms with Gasteiger partial charge in [-0.1, -0.05) is 24.3 Å². The van der Waals surface area contributed by atoms with Gasteiger partial charge in [-0.05, 0) is 42.7 Å². The molecule has 1 aromatic rings. The van der Waals surface area contributed by atoms with Crippen LogP contribution < -0.4 is 5.32 Å². The van der Waals surface area contributed by atoms with Gasteiger partial charge in [0.25, 0.3) is 0 Å². The van der Waals surface area contributed by atoms with Gasteiger partial charge >= 0.3 is 0 Å². The van der Waals surface area contributed by atoms with E-state index in [1.54, 1.807) is 0 Å². The summed E-state index contributed by atoms with van der Waals surface area (Å²) in [4.78, 5) is 2.45. The minimum atomic E-state index is -0.302. The number of fused-ring (bicyclic) bond motifs is 1. The van der Waals surface area contributed by atoms with Crippen LogP contribution in [-0.2, 0) is 13.1 Å². The molecule has 3 nitrogen and oxygen atoms in total. The highest BCUT2D eigenvalue weighted by molar-refractivity contribution is 5.31. The van der Waals surface area contributed by atoms with Gasteiger partial charge < -0.3 is 0 Å². The Morgan fingerprint density at radius 1 is 1.15 bits per heavy atom. The summed E-state index contributed by atoms with van der Waals surface area (Å²) in [6.45, 7) is 2.87. The molecule has 0 bridgehead atoms. The van der Waals surface area contributed by atoms with E-state index in [-0.39, 0.29) is 5.54 Å². The number of benzene rings is 1. The maximum Gasteiger partial charge on any atom is 0.122 e. The van der Waals surface area contributed by atoms with E-state index in [1.807, 2.05) is 0 Å². The van der Waals surface area contributed by atoms with Crippen LogP contribution in [0.25, 0.3) is 0 Å². The van der Waals surface area contributed by atoms with Crippen LogP contribution in [0.5, 0.6) is 0 Å². The van der Waals surface area contributed by atoms with Crippen molar-refractivity contribution in [1.82, 2.24) is 10.2 Å². The highest BCUT2D eigenvalue weighted by Gasteiger charge is 2.49. The fourth-order valence-corrected chi connectivity index (χ4v) is 3.49. The molecule has 0 aromatic heterocycles. The average Bonchev–Trinajstić information content (AvgIpc) is 3.35. The minimum Gasteiger partial charge on any atom is -0.295 e. The van der Waals surface area contributed by atoms with Crippen molar-refractivity contribution in [2.75, 3.05) is 6.54 Å². The summed E-state index contributed by atoms with van der Waals surface area (Å²) in [6.07, 6.45) is 4.93. The van der Waals surface area contributed by atoms with Crippen molar-refractivity contribution >= 4 is 0 Å². The van der Waals surface area contributed by atoms with Crippen molar-refractivity contribution in [3.05, 3.63) is 35.4 Å². The van der Waals surface area contributed by atoms with Crippen molar-refractivity contribution in [1.29, 1.82) is 5.26 Å². The fourth-order valence-electron chi connectivity index (χ4n) is 3.49. The predicted octanol–water partition coefficient (Wildman–Crippen LogP) is 2.43. The Morgan fingerprint density at radius 3 is 2.30 bits per heavy atom. The lowest BCUT2D eigenvalue weighted by Crippen LogP contribution is -2.54. The van der Waals surface area contributed by atoms with E-state index < -0.39 is 0 Å². The molecule has 1 aliphatic heterocycles. The Labute approximate surface area is 120 Å². The second kappa shape index (κ2) is 4.58. The van der Waals surface area contributed by atoms with Crippen LogP contribution in [0.4, 0.5) is 0 Å². The molecule has 1 atom stereocenters. The van der Waals surface area contributed by atoms with Crippen LogP contribution in [-0.4, -0.2) is 23.0 Å². The van der Waals surface area contributed by atoms with Gasteiger partial charge in [0.1, 0.15) is 5.54 Å². The number of nitriles is 1. The van der Waals surface area contributed by atoms with Crippen molar-refractivity contribution in [2.24, 2.45) is 5.92 Å². The van der Waals surface area contributed by atoms with Crippen LogP contribution in [0.2, 0.25) is 0 Å². The second-order valence-corrected chi connectivity index (χ2v) is 6.69. The van der Waals surface area contributed by atoms with Crippen molar-refractivity contribution in [2.45, 2.75) is 50.4 Å². The lowest BCUT2D eigenvalue weighted by molar-refractivity contribution is 0.196. The molecule has 4 rings (SSSR count). The molecule has 1 N–H and O–H groups in total. The average molecular weight is 267 g/mol. The third-order valence-corrected chi connectivity index (χ3v) is 4.89. The monoisotopic (exact) mass is 267 g/mol. The van der Waals surface area contributed by atoms with Gasteiger partial charge in [0.15, 0.2) is 0 Å². The number of nitrogens with one attached hydrogen (secondary N) is 1. The molecule has 1 unspecified atom stereocenters. The molecule has 104 valence electrons. The molecule has 2 saturated carbocycles. The molecule has 2 aliphatic carbocycles. The fraction of sp³-hybridized carbons (Fsp3) is 0.588. The Kier molecular flexibility index (Phi) is 2.83. The minimum absolute atomic E-state index is 0.302. The first-order chi connectivity index (χ1) is 9.79. The quantitative estimate of drug-likeness (QED) is 0.890. The Balaban J connectivity index is 1.50. The number of nitrogens with zero attached hydrogens (tertiary/aromatic N) is 2. The van der Waals surface area contributed by atoms with E-state index in [9.17, 15) is 5.26 Å². The van der Waals surface area contributed by atoms with Crippen LogP contribution >= 0.6 is 0 Å². The van der Waals surface area contributed by atoms with Crippen LogP contribution in [0.15, 0.2) is 24.3 Å². The molecule has 3 aliphatic rings. The van der Waals surface area contributed by atoms with Gasteiger partial charge in [0, 0.05) is 25.7 Å². The van der Waals surface area contributed by atoms with Gasteiger partial charge in [-0.25, -0.2) is 0 Å². The third-order valence-electron chi connectivity index (χ3n) is 4.89. The zero-order valence-electron chi connectivity index (χ0n) is 11.8. The smallest absolute Gasteiger partial charge is 0.122 e. The standard InChI is InChI=1S/C17H21N3/c18-11-17(15-5-6-15,19-16-7-8-16)12-20-9-13-3-1-2-4-14(13)10-20/h1-4,15-16,19H,5-10,12H2. The van der Waals surface area contributed by atoms with Gasteiger partial charge in [-0.2, -0.15) is 5.26 Å². The third kappa shape index (κ3) is 2.24. The van der Waals surface area contributed by atoms with Crippen LogP contribution in [0, 0.1) is 17.2 Å². The molecule has 3 heteroatoms. The normalized spacial score (nSPS) is 24.9. The number of hydrogen-bond acceptors (Lipinski definition) is 3. The Hall–Kier alpha value is -1.37. The van der Waals surface area contributed by atoms with Gasteiger partial charge in [0.2, 0.25) is 0 Å². The summed E-state index contributed by atoms with van der Waals surface area (Å²) in [7, 11) is 0. The number of hydrogen-bond donors (Lipinski definition) is 1. The second-order valence-electron chi connectivity index (χ2n) is 6.69. The van der Waals surface area contributed by atoms with Crippen LogP contribution in [0.1, 0.15) is 36.8 Å². The SMILES string of the molecule is N#CC(CN1Cc2ccccc2C1)(NC1CC1)C1CC1.